The second-order valence-corrected chi connectivity index (χ2v) is 8.55. The number of β-amino-alcohol motifs (C(OH)–C–C–N with tert-alkyl or cyclic N) is 1. The first-order chi connectivity index (χ1) is 15.9. The van der Waals surface area contributed by atoms with Gasteiger partial charge in [0.2, 0.25) is 5.91 Å². The zero-order valence-electron chi connectivity index (χ0n) is 18.4. The van der Waals surface area contributed by atoms with Crippen LogP contribution in [0.15, 0.2) is 48.5 Å². The fourth-order valence-electron chi connectivity index (χ4n) is 4.82. The van der Waals surface area contributed by atoms with E-state index in [2.05, 4.69) is 5.32 Å². The van der Waals surface area contributed by atoms with E-state index in [9.17, 15) is 24.6 Å². The van der Waals surface area contributed by atoms with Crippen LogP contribution in [0.2, 0.25) is 0 Å². The molecule has 33 heavy (non-hydrogen) atoms. The number of amides is 2. The molecule has 0 radical (unpaired) electrons. The Labute approximate surface area is 192 Å². The van der Waals surface area contributed by atoms with Gasteiger partial charge in [0.25, 0.3) is 0 Å². The molecule has 3 atom stereocenters. The first kappa shape index (κ1) is 22.8. The smallest absolute Gasteiger partial charge is 0.407 e. The second kappa shape index (κ2) is 9.62. The summed E-state index contributed by atoms with van der Waals surface area (Å²) in [4.78, 5) is 38.3. The van der Waals surface area contributed by atoms with Crippen LogP contribution in [0.5, 0.6) is 0 Å². The lowest BCUT2D eigenvalue weighted by atomic mass is 9.98. The van der Waals surface area contributed by atoms with Crippen molar-refractivity contribution in [1.82, 2.24) is 10.2 Å². The highest BCUT2D eigenvalue weighted by Gasteiger charge is 2.41. The van der Waals surface area contributed by atoms with Gasteiger partial charge in [-0.2, -0.15) is 0 Å². The molecule has 4 rings (SSSR count). The number of fused-ring (bicyclic) bond motifs is 3. The number of benzene rings is 2. The third kappa shape index (κ3) is 4.57. The van der Waals surface area contributed by atoms with Gasteiger partial charge in [0.1, 0.15) is 18.7 Å². The third-order valence-corrected chi connectivity index (χ3v) is 6.36. The van der Waals surface area contributed by atoms with Crippen molar-refractivity contribution in [3.63, 3.8) is 0 Å². The molecule has 1 fully saturated rings. The van der Waals surface area contributed by atoms with Crippen LogP contribution in [0.1, 0.15) is 43.2 Å². The van der Waals surface area contributed by atoms with Crippen molar-refractivity contribution in [1.29, 1.82) is 0 Å². The third-order valence-electron chi connectivity index (χ3n) is 6.36. The average Bonchev–Trinajstić information content (AvgIpc) is 3.35. The molecular formula is C25H28N2O6. The van der Waals surface area contributed by atoms with Crippen LogP contribution in [0, 0.1) is 0 Å². The molecule has 2 amide bonds. The van der Waals surface area contributed by atoms with E-state index >= 15 is 0 Å². The molecule has 1 heterocycles. The summed E-state index contributed by atoms with van der Waals surface area (Å²) in [6.07, 6.45) is -0.705. The van der Waals surface area contributed by atoms with Gasteiger partial charge >= 0.3 is 12.1 Å². The molecule has 3 N–H and O–H groups in total. The molecular weight excluding hydrogens is 424 g/mol. The Morgan fingerprint density at radius 3 is 2.27 bits per heavy atom. The summed E-state index contributed by atoms with van der Waals surface area (Å²) in [6, 6.07) is 14.0. The summed E-state index contributed by atoms with van der Waals surface area (Å²) in [5.41, 5.74) is 4.41. The topological polar surface area (TPSA) is 116 Å². The van der Waals surface area contributed by atoms with Crippen molar-refractivity contribution >= 4 is 18.0 Å². The summed E-state index contributed by atoms with van der Waals surface area (Å²) in [5, 5.41) is 21.9. The van der Waals surface area contributed by atoms with Crippen molar-refractivity contribution in [3.05, 3.63) is 59.7 Å². The lowest BCUT2D eigenvalue weighted by molar-refractivity contribution is -0.149. The number of hydrogen-bond donors (Lipinski definition) is 3. The average molecular weight is 453 g/mol. The summed E-state index contributed by atoms with van der Waals surface area (Å²) in [6.45, 7) is 1.92. The zero-order valence-corrected chi connectivity index (χ0v) is 18.4. The number of carboxylic acids is 1. The Balaban J connectivity index is 1.43. The van der Waals surface area contributed by atoms with Gasteiger partial charge in [-0.25, -0.2) is 9.59 Å². The standard InChI is InChI=1S/C25H28N2O6/c1-2-7-21(23(29)27-13-15(28)12-22(27)24(30)31)26-25(32)33-14-20-18-10-5-3-8-16(18)17-9-4-6-11-19(17)20/h3-6,8-11,15,20-22,28H,2,7,12-14H2,1H3,(H,26,32)(H,30,31)/t15-,21?,22-/m0/s1. The van der Waals surface area contributed by atoms with E-state index in [1.54, 1.807) is 0 Å². The highest BCUT2D eigenvalue weighted by Crippen LogP contribution is 2.44. The zero-order chi connectivity index (χ0) is 23.5. The molecule has 8 nitrogen and oxygen atoms in total. The Hall–Kier alpha value is -3.39. The maximum Gasteiger partial charge on any atom is 0.407 e. The number of aliphatic hydroxyl groups is 1. The van der Waals surface area contributed by atoms with Crippen LogP contribution in [-0.2, 0) is 14.3 Å². The molecule has 2 aromatic carbocycles. The quantitative estimate of drug-likeness (QED) is 0.595. The number of hydrogen-bond acceptors (Lipinski definition) is 5. The minimum atomic E-state index is -1.17. The normalized spacial score (nSPS) is 20.1. The Morgan fingerprint density at radius 2 is 1.70 bits per heavy atom. The molecule has 174 valence electrons. The molecule has 2 aromatic rings. The van der Waals surface area contributed by atoms with E-state index in [-0.39, 0.29) is 25.5 Å². The van der Waals surface area contributed by atoms with Gasteiger partial charge in [-0.1, -0.05) is 61.9 Å². The number of carbonyl (C=O) groups is 3. The molecule has 0 saturated carbocycles. The first-order valence-electron chi connectivity index (χ1n) is 11.2. The molecule has 1 aliphatic carbocycles. The minimum absolute atomic E-state index is 0.0230. The van der Waals surface area contributed by atoms with Crippen molar-refractivity contribution in [2.45, 2.75) is 50.3 Å². The highest BCUT2D eigenvalue weighted by atomic mass is 16.5. The van der Waals surface area contributed by atoms with Gasteiger partial charge in [-0.15, -0.1) is 0 Å². The predicted molar refractivity (Wildman–Crippen MR) is 121 cm³/mol. The van der Waals surface area contributed by atoms with E-state index in [1.807, 2.05) is 55.5 Å². The maximum absolute atomic E-state index is 13.0. The predicted octanol–water partition coefficient (Wildman–Crippen LogP) is 2.74. The van der Waals surface area contributed by atoms with Crippen LogP contribution >= 0.6 is 0 Å². The number of alkyl carbamates (subject to hydrolysis) is 1. The molecule has 1 aliphatic heterocycles. The lowest BCUT2D eigenvalue weighted by Crippen LogP contribution is -2.52. The number of aliphatic carboxylic acids is 1. The summed E-state index contributed by atoms with van der Waals surface area (Å²) >= 11 is 0. The van der Waals surface area contributed by atoms with Crippen molar-refractivity contribution in [3.8, 4) is 11.1 Å². The van der Waals surface area contributed by atoms with Gasteiger partial charge in [0, 0.05) is 18.9 Å². The first-order valence-corrected chi connectivity index (χ1v) is 11.2. The molecule has 1 unspecified atom stereocenters. The van der Waals surface area contributed by atoms with Gasteiger partial charge in [-0.3, -0.25) is 4.79 Å². The Morgan fingerprint density at radius 1 is 1.09 bits per heavy atom. The van der Waals surface area contributed by atoms with Crippen molar-refractivity contribution in [2.24, 2.45) is 0 Å². The lowest BCUT2D eigenvalue weighted by Gasteiger charge is -2.27. The number of carboxylic acid groups (broad SMARTS) is 1. The van der Waals surface area contributed by atoms with Gasteiger partial charge in [0.05, 0.1) is 6.10 Å². The molecule has 2 aliphatic rings. The number of aliphatic hydroxyl groups excluding tert-OH is 1. The van der Waals surface area contributed by atoms with E-state index in [0.29, 0.717) is 12.8 Å². The van der Waals surface area contributed by atoms with Crippen LogP contribution in [0.4, 0.5) is 4.79 Å². The number of carbonyl (C=O) groups excluding carboxylic acids is 2. The van der Waals surface area contributed by atoms with E-state index in [4.69, 9.17) is 4.74 Å². The van der Waals surface area contributed by atoms with Crippen LogP contribution in [-0.4, -0.2) is 64.4 Å². The van der Waals surface area contributed by atoms with E-state index < -0.39 is 36.2 Å². The van der Waals surface area contributed by atoms with Crippen LogP contribution in [0.3, 0.4) is 0 Å². The fraction of sp³-hybridized carbons (Fsp3) is 0.400. The summed E-state index contributed by atoms with van der Waals surface area (Å²) in [5.74, 6) is -1.79. The highest BCUT2D eigenvalue weighted by molar-refractivity contribution is 5.90. The largest absolute Gasteiger partial charge is 0.480 e. The van der Waals surface area contributed by atoms with Crippen molar-refractivity contribution in [2.75, 3.05) is 13.2 Å². The van der Waals surface area contributed by atoms with Gasteiger partial charge in [-0.05, 0) is 28.7 Å². The summed E-state index contributed by atoms with van der Waals surface area (Å²) in [7, 11) is 0. The van der Waals surface area contributed by atoms with Crippen molar-refractivity contribution < 1.29 is 29.3 Å². The second-order valence-electron chi connectivity index (χ2n) is 8.55. The van der Waals surface area contributed by atoms with Gasteiger partial charge in [0.15, 0.2) is 0 Å². The maximum atomic E-state index is 13.0. The SMILES string of the molecule is CCCC(NC(=O)OCC1c2ccccc2-c2ccccc21)C(=O)N1C[C@@H](O)C[C@H]1C(=O)O. The molecule has 0 aromatic heterocycles. The Bertz CT molecular complexity index is 1010. The minimum Gasteiger partial charge on any atom is -0.480 e. The summed E-state index contributed by atoms with van der Waals surface area (Å²) < 4.78 is 5.54. The molecule has 1 saturated heterocycles. The monoisotopic (exact) mass is 452 g/mol. The fourth-order valence-corrected chi connectivity index (χ4v) is 4.82. The number of rotatable bonds is 7. The molecule has 8 heteroatoms. The number of ether oxygens (including phenoxy) is 1. The molecule has 0 bridgehead atoms. The van der Waals surface area contributed by atoms with E-state index in [1.165, 1.54) is 0 Å². The van der Waals surface area contributed by atoms with E-state index in [0.717, 1.165) is 27.2 Å². The Kier molecular flexibility index (Phi) is 6.65. The molecule has 0 spiro atoms. The number of nitrogens with zero attached hydrogens (tertiary/aromatic N) is 1. The van der Waals surface area contributed by atoms with Crippen LogP contribution in [0.25, 0.3) is 11.1 Å². The van der Waals surface area contributed by atoms with Gasteiger partial charge < -0.3 is 25.2 Å². The van der Waals surface area contributed by atoms with Crippen LogP contribution < -0.4 is 5.32 Å². The number of likely N-dealkylation sites (tertiary alicyclic amines) is 1. The number of nitrogens with one attached hydrogen (secondary N) is 1.